The maximum atomic E-state index is 13.1. The third kappa shape index (κ3) is 2.38. The van der Waals surface area contributed by atoms with Crippen LogP contribution in [-0.2, 0) is 5.88 Å². The van der Waals surface area contributed by atoms with Crippen molar-refractivity contribution in [3.8, 4) is 5.69 Å². The lowest BCUT2D eigenvalue weighted by Gasteiger charge is -2.10. The van der Waals surface area contributed by atoms with Crippen LogP contribution in [0.4, 0.5) is 8.78 Å². The predicted octanol–water partition coefficient (Wildman–Crippen LogP) is 4.17. The quantitative estimate of drug-likeness (QED) is 0.766. The predicted molar refractivity (Wildman–Crippen MR) is 67.6 cm³/mol. The Hall–Kier alpha value is -1.42. The van der Waals surface area contributed by atoms with E-state index in [-0.39, 0.29) is 11.6 Å². The largest absolute Gasteiger partial charge is 0.280 e. The van der Waals surface area contributed by atoms with Crippen molar-refractivity contribution in [3.05, 3.63) is 46.8 Å². The summed E-state index contributed by atoms with van der Waals surface area (Å²) in [5, 5.41) is 4.01. The lowest BCUT2D eigenvalue weighted by Crippen LogP contribution is -2.04. The Balaban J connectivity index is 2.60. The molecule has 0 aliphatic carbocycles. The minimum atomic E-state index is -2.60. The maximum absolute atomic E-state index is 13.1. The van der Waals surface area contributed by atoms with Crippen molar-refractivity contribution in [2.75, 3.05) is 0 Å². The number of halogens is 3. The molecular formula is C13H13ClF2N2. The van der Waals surface area contributed by atoms with E-state index in [2.05, 4.69) is 5.10 Å². The van der Waals surface area contributed by atoms with Crippen molar-refractivity contribution in [2.45, 2.75) is 26.2 Å². The van der Waals surface area contributed by atoms with Gasteiger partial charge in [0, 0.05) is 5.56 Å². The van der Waals surface area contributed by atoms with Gasteiger partial charge in [-0.2, -0.15) is 5.10 Å². The number of rotatable bonds is 3. The fraction of sp³-hybridized carbons (Fsp3) is 0.308. The molecule has 1 aromatic heterocycles. The SMILES string of the molecule is Cc1cc(C)cc(-n2ncc(CCl)c2C(F)F)c1. The highest BCUT2D eigenvalue weighted by atomic mass is 35.5. The second-order valence-corrected chi connectivity index (χ2v) is 4.51. The molecule has 1 heterocycles. The summed E-state index contributed by atoms with van der Waals surface area (Å²) in [6.45, 7) is 3.84. The van der Waals surface area contributed by atoms with E-state index in [4.69, 9.17) is 11.6 Å². The van der Waals surface area contributed by atoms with Gasteiger partial charge in [0.1, 0.15) is 5.69 Å². The number of nitrogens with zero attached hydrogens (tertiary/aromatic N) is 2. The van der Waals surface area contributed by atoms with E-state index >= 15 is 0 Å². The molecule has 0 atom stereocenters. The van der Waals surface area contributed by atoms with Crippen LogP contribution < -0.4 is 0 Å². The number of benzene rings is 1. The van der Waals surface area contributed by atoms with Crippen LogP contribution in [0.3, 0.4) is 0 Å². The van der Waals surface area contributed by atoms with Gasteiger partial charge in [0.05, 0.1) is 17.8 Å². The molecule has 0 aliphatic heterocycles. The van der Waals surface area contributed by atoms with E-state index < -0.39 is 6.43 Å². The highest BCUT2D eigenvalue weighted by Gasteiger charge is 2.20. The van der Waals surface area contributed by atoms with Gasteiger partial charge in [-0.25, -0.2) is 13.5 Å². The summed E-state index contributed by atoms with van der Waals surface area (Å²) in [5.41, 5.74) is 2.89. The first-order valence-electron chi connectivity index (χ1n) is 5.52. The zero-order chi connectivity index (χ0) is 13.3. The average molecular weight is 271 g/mol. The van der Waals surface area contributed by atoms with Crippen LogP contribution in [0.1, 0.15) is 28.8 Å². The molecule has 1 aromatic carbocycles. The third-order valence-electron chi connectivity index (χ3n) is 2.69. The topological polar surface area (TPSA) is 17.8 Å². The molecule has 2 aromatic rings. The Morgan fingerprint density at radius 1 is 1.22 bits per heavy atom. The molecule has 0 radical (unpaired) electrons. The van der Waals surface area contributed by atoms with Crippen molar-refractivity contribution in [2.24, 2.45) is 0 Å². The molecule has 0 aliphatic rings. The van der Waals surface area contributed by atoms with Gasteiger partial charge in [0.15, 0.2) is 0 Å². The molecule has 0 fully saturated rings. The van der Waals surface area contributed by atoms with Gasteiger partial charge in [-0.1, -0.05) is 6.07 Å². The molecule has 0 unspecified atom stereocenters. The molecule has 0 saturated heterocycles. The summed E-state index contributed by atoms with van der Waals surface area (Å²) in [4.78, 5) is 0. The summed E-state index contributed by atoms with van der Waals surface area (Å²) < 4.78 is 27.4. The summed E-state index contributed by atoms with van der Waals surface area (Å²) in [6, 6.07) is 5.63. The summed E-state index contributed by atoms with van der Waals surface area (Å²) in [5.74, 6) is 0.0322. The lowest BCUT2D eigenvalue weighted by molar-refractivity contribution is 0.142. The molecule has 0 N–H and O–H groups in total. The Morgan fingerprint density at radius 3 is 2.33 bits per heavy atom. The van der Waals surface area contributed by atoms with Crippen molar-refractivity contribution in [1.29, 1.82) is 0 Å². The molecule has 0 spiro atoms. The Labute approximate surface area is 109 Å². The molecule has 5 heteroatoms. The number of hydrogen-bond donors (Lipinski definition) is 0. The second kappa shape index (κ2) is 5.06. The number of hydrogen-bond acceptors (Lipinski definition) is 1. The van der Waals surface area contributed by atoms with Gasteiger partial charge in [0.25, 0.3) is 6.43 Å². The monoisotopic (exact) mass is 270 g/mol. The van der Waals surface area contributed by atoms with Gasteiger partial charge in [0.2, 0.25) is 0 Å². The number of alkyl halides is 3. The van der Waals surface area contributed by atoms with E-state index in [1.165, 1.54) is 10.9 Å². The van der Waals surface area contributed by atoms with E-state index in [0.29, 0.717) is 11.3 Å². The van der Waals surface area contributed by atoms with E-state index in [9.17, 15) is 8.78 Å². The van der Waals surface area contributed by atoms with Gasteiger partial charge in [-0.15, -0.1) is 11.6 Å². The number of aromatic nitrogens is 2. The Kier molecular flexibility index (Phi) is 3.66. The lowest BCUT2D eigenvalue weighted by atomic mass is 10.1. The minimum absolute atomic E-state index is 0.0322. The molecule has 2 rings (SSSR count). The van der Waals surface area contributed by atoms with Crippen LogP contribution in [0, 0.1) is 13.8 Å². The molecule has 0 bridgehead atoms. The van der Waals surface area contributed by atoms with Gasteiger partial charge < -0.3 is 0 Å². The van der Waals surface area contributed by atoms with Crippen molar-refractivity contribution in [3.63, 3.8) is 0 Å². The Morgan fingerprint density at radius 2 is 1.83 bits per heavy atom. The van der Waals surface area contributed by atoms with Crippen molar-refractivity contribution < 1.29 is 8.78 Å². The molecule has 0 saturated carbocycles. The first kappa shape index (κ1) is 13.0. The highest BCUT2D eigenvalue weighted by Crippen LogP contribution is 2.27. The summed E-state index contributed by atoms with van der Waals surface area (Å²) >= 11 is 5.65. The maximum Gasteiger partial charge on any atom is 0.280 e. The minimum Gasteiger partial charge on any atom is -0.232 e. The molecule has 2 nitrogen and oxygen atoms in total. The first-order valence-corrected chi connectivity index (χ1v) is 6.06. The smallest absolute Gasteiger partial charge is 0.232 e. The van der Waals surface area contributed by atoms with E-state index in [1.807, 2.05) is 32.0 Å². The summed E-state index contributed by atoms with van der Waals surface area (Å²) in [6.07, 6.45) is -1.20. The first-order chi connectivity index (χ1) is 8.52. The number of aryl methyl sites for hydroxylation is 2. The van der Waals surface area contributed by atoms with Crippen LogP contribution in [-0.4, -0.2) is 9.78 Å². The van der Waals surface area contributed by atoms with Crippen LogP contribution in [0.15, 0.2) is 24.4 Å². The second-order valence-electron chi connectivity index (χ2n) is 4.25. The van der Waals surface area contributed by atoms with E-state index in [1.54, 1.807) is 0 Å². The van der Waals surface area contributed by atoms with Crippen LogP contribution >= 0.6 is 11.6 Å². The van der Waals surface area contributed by atoms with Crippen molar-refractivity contribution >= 4 is 11.6 Å². The van der Waals surface area contributed by atoms with Crippen LogP contribution in [0.2, 0.25) is 0 Å². The Bertz CT molecular complexity index is 544. The van der Waals surface area contributed by atoms with Crippen LogP contribution in [0.5, 0.6) is 0 Å². The fourth-order valence-corrected chi connectivity index (χ4v) is 2.21. The zero-order valence-corrected chi connectivity index (χ0v) is 10.9. The summed E-state index contributed by atoms with van der Waals surface area (Å²) in [7, 11) is 0. The normalized spacial score (nSPS) is 11.2. The fourth-order valence-electron chi connectivity index (χ4n) is 2.01. The standard InChI is InChI=1S/C13H13ClF2N2/c1-8-3-9(2)5-11(4-8)18-12(13(15)16)10(6-14)7-17-18/h3-5,7,13H,6H2,1-2H3. The highest BCUT2D eigenvalue weighted by molar-refractivity contribution is 6.17. The molecule has 96 valence electrons. The molecular weight excluding hydrogens is 258 g/mol. The van der Waals surface area contributed by atoms with Crippen LogP contribution in [0.25, 0.3) is 5.69 Å². The third-order valence-corrected chi connectivity index (χ3v) is 2.98. The zero-order valence-electron chi connectivity index (χ0n) is 10.1. The van der Waals surface area contributed by atoms with Gasteiger partial charge in [-0.3, -0.25) is 0 Å². The van der Waals surface area contributed by atoms with E-state index in [0.717, 1.165) is 11.1 Å². The average Bonchev–Trinajstić information content (AvgIpc) is 2.71. The van der Waals surface area contributed by atoms with Gasteiger partial charge in [-0.05, 0) is 37.1 Å². The molecule has 18 heavy (non-hydrogen) atoms. The van der Waals surface area contributed by atoms with Gasteiger partial charge >= 0.3 is 0 Å². The molecule has 0 amide bonds. The van der Waals surface area contributed by atoms with Crippen molar-refractivity contribution in [1.82, 2.24) is 9.78 Å².